The Hall–Kier alpha value is -0.840. The predicted molar refractivity (Wildman–Crippen MR) is 79.3 cm³/mol. The molecule has 0 saturated carbocycles. The van der Waals surface area contributed by atoms with Gasteiger partial charge in [-0.15, -0.1) is 11.6 Å². The summed E-state index contributed by atoms with van der Waals surface area (Å²) in [6.45, 7) is 4.22. The molecule has 0 saturated heterocycles. The minimum atomic E-state index is -0.408. The summed E-state index contributed by atoms with van der Waals surface area (Å²) < 4.78 is 0. The van der Waals surface area contributed by atoms with Crippen LogP contribution in [-0.2, 0) is 0 Å². The first kappa shape index (κ1) is 12.6. The summed E-state index contributed by atoms with van der Waals surface area (Å²) in [5.41, 5.74) is 3.27. The van der Waals surface area contributed by atoms with Crippen LogP contribution in [0.25, 0.3) is 0 Å². The van der Waals surface area contributed by atoms with Gasteiger partial charge in [0.05, 0.1) is 5.62 Å². The smallest absolute Gasteiger partial charge is 0.0506 e. The fourth-order valence-electron chi connectivity index (χ4n) is 1.74. The lowest BCUT2D eigenvalue weighted by atomic mass is 10.2. The average Bonchev–Trinajstić information content (AvgIpc) is 2.35. The second kappa shape index (κ2) is 5.67. The molecule has 0 heterocycles. The first-order valence-corrected chi connectivity index (χ1v) is 7.73. The second-order valence-corrected chi connectivity index (χ2v) is 7.06. The fourth-order valence-corrected chi connectivity index (χ4v) is 4.16. The molecule has 0 aliphatic carbocycles. The summed E-state index contributed by atoms with van der Waals surface area (Å²) in [5, 5.41) is 2.70. The van der Waals surface area contributed by atoms with E-state index < -0.39 is 7.92 Å². The Morgan fingerprint density at radius 2 is 1.12 bits per heavy atom. The Balaban J connectivity index is 2.33. The minimum absolute atomic E-state index is 0.408. The van der Waals surface area contributed by atoms with Gasteiger partial charge in [0.15, 0.2) is 0 Å². The summed E-state index contributed by atoms with van der Waals surface area (Å²) in [6, 6.07) is 17.4. The Bertz CT molecular complexity index is 428. The topological polar surface area (TPSA) is 0 Å². The molecule has 0 atom stereocenters. The van der Waals surface area contributed by atoms with Gasteiger partial charge in [0.2, 0.25) is 0 Å². The van der Waals surface area contributed by atoms with Crippen molar-refractivity contribution in [3.8, 4) is 0 Å². The van der Waals surface area contributed by atoms with Gasteiger partial charge < -0.3 is 0 Å². The highest BCUT2D eigenvalue weighted by atomic mass is 35.5. The monoisotopic (exact) mass is 262 g/mol. The van der Waals surface area contributed by atoms with Crippen molar-refractivity contribution < 1.29 is 0 Å². The fraction of sp³-hybridized carbons (Fsp3) is 0.200. The third-order valence-corrected chi connectivity index (χ3v) is 5.61. The van der Waals surface area contributed by atoms with Crippen molar-refractivity contribution in [1.82, 2.24) is 0 Å². The molecule has 2 aromatic rings. The Labute approximate surface area is 109 Å². The van der Waals surface area contributed by atoms with E-state index in [2.05, 4.69) is 62.4 Å². The highest BCUT2D eigenvalue weighted by Gasteiger charge is 2.11. The van der Waals surface area contributed by atoms with E-state index in [0.29, 0.717) is 5.62 Å². The van der Waals surface area contributed by atoms with E-state index in [1.165, 1.54) is 21.7 Å². The first-order chi connectivity index (χ1) is 8.20. The molecular formula is C15H16ClP. The Kier molecular flexibility index (Phi) is 4.20. The summed E-state index contributed by atoms with van der Waals surface area (Å²) >= 11 is 6.14. The van der Waals surface area contributed by atoms with Crippen molar-refractivity contribution in [2.45, 2.75) is 13.8 Å². The zero-order chi connectivity index (χ0) is 12.3. The third kappa shape index (κ3) is 3.09. The maximum atomic E-state index is 6.14. The molecule has 0 amide bonds. The van der Waals surface area contributed by atoms with E-state index in [1.807, 2.05) is 0 Å². The van der Waals surface area contributed by atoms with Crippen LogP contribution in [-0.4, -0.2) is 5.62 Å². The lowest BCUT2D eigenvalue weighted by molar-refractivity contribution is 1.48. The number of aryl methyl sites for hydroxylation is 2. The molecule has 0 aliphatic rings. The predicted octanol–water partition coefficient (Wildman–Crippen LogP) is 3.93. The summed E-state index contributed by atoms with van der Waals surface area (Å²) in [7, 11) is -0.408. The van der Waals surface area contributed by atoms with Gasteiger partial charge in [0.25, 0.3) is 0 Å². The van der Waals surface area contributed by atoms with Crippen LogP contribution in [0.3, 0.4) is 0 Å². The first-order valence-electron chi connectivity index (χ1n) is 5.67. The van der Waals surface area contributed by atoms with Gasteiger partial charge in [0, 0.05) is 0 Å². The molecule has 0 radical (unpaired) electrons. The van der Waals surface area contributed by atoms with Crippen LogP contribution in [0.2, 0.25) is 0 Å². The molecule has 2 rings (SSSR count). The van der Waals surface area contributed by atoms with Gasteiger partial charge in [-0.3, -0.25) is 0 Å². The lowest BCUT2D eigenvalue weighted by Gasteiger charge is -2.16. The quantitative estimate of drug-likeness (QED) is 0.581. The molecule has 2 heteroatoms. The van der Waals surface area contributed by atoms with Gasteiger partial charge in [-0.2, -0.15) is 0 Å². The molecule has 0 fully saturated rings. The molecule has 0 nitrogen and oxygen atoms in total. The molecule has 0 aromatic heterocycles. The molecular weight excluding hydrogens is 247 g/mol. The number of alkyl halides is 1. The normalized spacial score (nSPS) is 10.8. The molecule has 0 unspecified atom stereocenters. The van der Waals surface area contributed by atoms with Gasteiger partial charge in [-0.1, -0.05) is 59.7 Å². The Morgan fingerprint density at radius 1 is 0.765 bits per heavy atom. The van der Waals surface area contributed by atoms with Gasteiger partial charge in [-0.05, 0) is 32.4 Å². The van der Waals surface area contributed by atoms with Crippen molar-refractivity contribution >= 4 is 30.1 Å². The summed E-state index contributed by atoms with van der Waals surface area (Å²) in [4.78, 5) is 0. The molecule has 0 bridgehead atoms. The molecule has 17 heavy (non-hydrogen) atoms. The number of rotatable bonds is 3. The third-order valence-electron chi connectivity index (χ3n) is 2.81. The van der Waals surface area contributed by atoms with Crippen LogP contribution in [0.1, 0.15) is 11.1 Å². The maximum Gasteiger partial charge on any atom is 0.0506 e. The largest absolute Gasteiger partial charge is 0.121 e. The molecule has 2 aromatic carbocycles. The lowest BCUT2D eigenvalue weighted by Crippen LogP contribution is -2.12. The van der Waals surface area contributed by atoms with Gasteiger partial charge in [-0.25, -0.2) is 0 Å². The summed E-state index contributed by atoms with van der Waals surface area (Å²) in [6.07, 6.45) is 0. The standard InChI is InChI=1S/C15H16ClP/c1-12-3-7-14(8-4-12)17(11-16)15-9-5-13(2)6-10-15/h3-10H,11H2,1-2H3. The van der Waals surface area contributed by atoms with Crippen molar-refractivity contribution in [2.24, 2.45) is 0 Å². The van der Waals surface area contributed by atoms with E-state index in [4.69, 9.17) is 11.6 Å². The van der Waals surface area contributed by atoms with Crippen molar-refractivity contribution in [2.75, 3.05) is 5.62 Å². The van der Waals surface area contributed by atoms with Crippen LogP contribution in [0.15, 0.2) is 48.5 Å². The van der Waals surface area contributed by atoms with Crippen molar-refractivity contribution in [1.29, 1.82) is 0 Å². The van der Waals surface area contributed by atoms with Crippen LogP contribution in [0, 0.1) is 13.8 Å². The highest BCUT2D eigenvalue weighted by molar-refractivity contribution is 7.74. The van der Waals surface area contributed by atoms with E-state index in [-0.39, 0.29) is 0 Å². The average molecular weight is 263 g/mol. The molecule has 0 N–H and O–H groups in total. The van der Waals surface area contributed by atoms with E-state index in [1.54, 1.807) is 0 Å². The van der Waals surface area contributed by atoms with E-state index in [9.17, 15) is 0 Å². The SMILES string of the molecule is Cc1ccc(P(CCl)c2ccc(C)cc2)cc1. The van der Waals surface area contributed by atoms with Gasteiger partial charge in [0.1, 0.15) is 0 Å². The van der Waals surface area contributed by atoms with Crippen LogP contribution >= 0.6 is 19.5 Å². The number of hydrogen-bond acceptors (Lipinski definition) is 0. The van der Waals surface area contributed by atoms with E-state index in [0.717, 1.165) is 0 Å². The van der Waals surface area contributed by atoms with Crippen LogP contribution < -0.4 is 10.6 Å². The second-order valence-electron chi connectivity index (χ2n) is 4.22. The number of hydrogen-bond donors (Lipinski definition) is 0. The summed E-state index contributed by atoms with van der Waals surface area (Å²) in [5.74, 6) is 0. The Morgan fingerprint density at radius 3 is 1.41 bits per heavy atom. The van der Waals surface area contributed by atoms with Crippen molar-refractivity contribution in [3.05, 3.63) is 59.7 Å². The van der Waals surface area contributed by atoms with Crippen LogP contribution in [0.5, 0.6) is 0 Å². The van der Waals surface area contributed by atoms with Crippen molar-refractivity contribution in [3.63, 3.8) is 0 Å². The molecule has 88 valence electrons. The highest BCUT2D eigenvalue weighted by Crippen LogP contribution is 2.34. The number of halogens is 1. The molecule has 0 spiro atoms. The van der Waals surface area contributed by atoms with Crippen LogP contribution in [0.4, 0.5) is 0 Å². The zero-order valence-electron chi connectivity index (χ0n) is 10.2. The maximum absolute atomic E-state index is 6.14. The number of benzene rings is 2. The minimum Gasteiger partial charge on any atom is -0.121 e. The van der Waals surface area contributed by atoms with E-state index >= 15 is 0 Å². The zero-order valence-corrected chi connectivity index (χ0v) is 11.8. The molecule has 0 aliphatic heterocycles. The van der Waals surface area contributed by atoms with Gasteiger partial charge >= 0.3 is 0 Å².